The van der Waals surface area contributed by atoms with Gasteiger partial charge in [-0.25, -0.2) is 13.2 Å². The molecule has 5 heterocycles. The SMILES string of the molecule is CC1(C)C(C=CC=CC=C2N3CCCc4ccc(S(=O)(=O)O)c(c43)C2(C)CCCCCC(=O)ON2C(=O)CCC2=O)=[N+]2CCCc3ccc(S(=O)(=O)[O-])c1c32. The third-order valence-corrected chi connectivity index (χ3v) is 13.4. The van der Waals surface area contributed by atoms with Crippen LogP contribution in [0.4, 0.5) is 11.4 Å². The minimum absolute atomic E-state index is 0.00230. The van der Waals surface area contributed by atoms with Gasteiger partial charge in [0, 0.05) is 66.2 Å². The van der Waals surface area contributed by atoms with Crippen LogP contribution in [-0.4, -0.2) is 72.2 Å². The van der Waals surface area contributed by atoms with Crippen molar-refractivity contribution in [2.45, 2.75) is 112 Å². The molecule has 2 aromatic rings. The van der Waals surface area contributed by atoms with Crippen molar-refractivity contribution in [3.05, 3.63) is 82.6 Å². The predicted molar refractivity (Wildman–Crippen MR) is 201 cm³/mol. The summed E-state index contributed by atoms with van der Waals surface area (Å²) in [6, 6.07) is 6.44. The number of unbranched alkanes of at least 4 members (excludes halogenated alkanes) is 2. The fourth-order valence-corrected chi connectivity index (χ4v) is 10.8. The molecule has 7 rings (SSSR count). The molecule has 1 atom stereocenters. The van der Waals surface area contributed by atoms with E-state index in [1.54, 1.807) is 12.1 Å². The number of hydrogen-bond donors (Lipinski definition) is 1. The van der Waals surface area contributed by atoms with Crippen LogP contribution in [0.25, 0.3) is 0 Å². The lowest BCUT2D eigenvalue weighted by atomic mass is 9.76. The topological polar surface area (TPSA) is 182 Å². The highest BCUT2D eigenvalue weighted by Crippen LogP contribution is 2.56. The molecule has 15 heteroatoms. The average molecular weight is 792 g/mol. The zero-order valence-corrected chi connectivity index (χ0v) is 32.8. The molecule has 2 aromatic carbocycles. The third-order valence-electron chi connectivity index (χ3n) is 11.6. The highest BCUT2D eigenvalue weighted by Gasteiger charge is 2.50. The highest BCUT2D eigenvalue weighted by molar-refractivity contribution is 7.86. The van der Waals surface area contributed by atoms with Gasteiger partial charge in [0.25, 0.3) is 21.9 Å². The zero-order chi connectivity index (χ0) is 39.5. The molecule has 0 saturated carbocycles. The number of aryl methyl sites for hydroxylation is 2. The Kier molecular flexibility index (Phi) is 10.1. The summed E-state index contributed by atoms with van der Waals surface area (Å²) in [6.45, 7) is 7.20. The largest absolute Gasteiger partial charge is 0.744 e. The quantitative estimate of drug-likeness (QED) is 0.0951. The number of carbonyl (C=O) groups excluding carboxylic acids is 3. The van der Waals surface area contributed by atoms with Gasteiger partial charge in [0.1, 0.15) is 21.6 Å². The number of carbonyl (C=O) groups is 3. The Morgan fingerprint density at radius 3 is 2.29 bits per heavy atom. The molecule has 1 N–H and O–H groups in total. The standard InChI is InChI=1S/C40H45N3O10S2/c1-39(2)30(41-24-10-12-26-17-19-28(54(47,48)49)35(39)37(26)41)14-6-4-7-15-31-40(3,23-9-5-8-16-34(46)53-43-32(44)21-22-33(43)45)36-29(55(50,51)52)20-18-27-13-11-25-42(31)38(27)36/h4,6-7,14-15,17-20H,5,8-13,16,21-25H2,1-3H3,(H-,47,48,49,50,51,52). The van der Waals surface area contributed by atoms with Crippen molar-refractivity contribution in [2.24, 2.45) is 0 Å². The van der Waals surface area contributed by atoms with Crippen LogP contribution in [0.2, 0.25) is 0 Å². The Morgan fingerprint density at radius 2 is 1.58 bits per heavy atom. The lowest BCUT2D eigenvalue weighted by Crippen LogP contribution is -2.32. The fraction of sp³-hybridized carbons (Fsp3) is 0.450. The molecule has 1 unspecified atom stereocenters. The smallest absolute Gasteiger partial charge is 0.333 e. The molecule has 0 aromatic heterocycles. The lowest BCUT2D eigenvalue weighted by Gasteiger charge is -2.32. The summed E-state index contributed by atoms with van der Waals surface area (Å²) >= 11 is 0. The normalized spacial score (nSPS) is 22.5. The van der Waals surface area contributed by atoms with Crippen molar-refractivity contribution in [1.29, 1.82) is 0 Å². The minimum Gasteiger partial charge on any atom is -0.744 e. The molecular formula is C40H45N3O10S2. The Balaban J connectivity index is 1.15. The predicted octanol–water partition coefficient (Wildman–Crippen LogP) is 5.44. The third kappa shape index (κ3) is 6.89. The Hall–Kier alpha value is -4.44. The van der Waals surface area contributed by atoms with E-state index in [0.717, 1.165) is 59.6 Å². The van der Waals surface area contributed by atoms with Gasteiger partial charge in [-0.1, -0.05) is 43.2 Å². The summed E-state index contributed by atoms with van der Waals surface area (Å²) in [5.41, 5.74) is 4.92. The van der Waals surface area contributed by atoms with E-state index in [4.69, 9.17) is 4.84 Å². The van der Waals surface area contributed by atoms with Gasteiger partial charge in [-0.2, -0.15) is 13.0 Å². The summed E-state index contributed by atoms with van der Waals surface area (Å²) in [4.78, 5) is 42.9. The van der Waals surface area contributed by atoms with Gasteiger partial charge in [0.15, 0.2) is 5.71 Å². The van der Waals surface area contributed by atoms with Crippen LogP contribution in [0, 0.1) is 0 Å². The molecule has 292 valence electrons. The van der Waals surface area contributed by atoms with Gasteiger partial charge in [0.2, 0.25) is 5.69 Å². The maximum absolute atomic E-state index is 12.8. The van der Waals surface area contributed by atoms with Crippen LogP contribution >= 0.6 is 0 Å². The Morgan fingerprint density at radius 1 is 0.891 bits per heavy atom. The van der Waals surface area contributed by atoms with Crippen LogP contribution in [-0.2, 0) is 63.1 Å². The average Bonchev–Trinajstić information content (AvgIpc) is 3.65. The number of hydroxylamine groups is 2. The van der Waals surface area contributed by atoms with Gasteiger partial charge in [0.05, 0.1) is 15.9 Å². The Bertz CT molecular complexity index is 2340. The van der Waals surface area contributed by atoms with Crippen molar-refractivity contribution < 1.29 is 49.7 Å². The number of imide groups is 1. The molecule has 1 fully saturated rings. The molecule has 0 bridgehead atoms. The van der Waals surface area contributed by atoms with Crippen LogP contribution < -0.4 is 4.90 Å². The fourth-order valence-electron chi connectivity index (χ4n) is 9.18. The van der Waals surface area contributed by atoms with E-state index in [9.17, 15) is 40.3 Å². The summed E-state index contributed by atoms with van der Waals surface area (Å²) in [7, 11) is -9.27. The summed E-state index contributed by atoms with van der Waals surface area (Å²) < 4.78 is 75.1. The summed E-state index contributed by atoms with van der Waals surface area (Å²) in [5.74, 6) is -1.75. The minimum atomic E-state index is -4.70. The first kappa shape index (κ1) is 38.8. The number of benzene rings is 2. The summed E-state index contributed by atoms with van der Waals surface area (Å²) in [6.07, 6.45) is 15.0. The van der Waals surface area contributed by atoms with E-state index in [1.165, 1.54) is 12.1 Å². The first-order valence-electron chi connectivity index (χ1n) is 18.8. The number of allylic oxidation sites excluding steroid dienone is 6. The second-order valence-corrected chi connectivity index (χ2v) is 18.3. The molecule has 1 saturated heterocycles. The number of nitrogens with zero attached hydrogens (tertiary/aromatic N) is 3. The number of hydrogen-bond acceptors (Lipinski definition) is 10. The molecule has 2 amide bonds. The zero-order valence-electron chi connectivity index (χ0n) is 31.2. The van der Waals surface area contributed by atoms with Crippen molar-refractivity contribution in [3.8, 4) is 0 Å². The van der Waals surface area contributed by atoms with E-state index in [-0.39, 0.29) is 29.1 Å². The van der Waals surface area contributed by atoms with Crippen LogP contribution in [0.1, 0.15) is 101 Å². The van der Waals surface area contributed by atoms with Gasteiger partial charge in [-0.3, -0.25) is 14.1 Å². The van der Waals surface area contributed by atoms with Crippen molar-refractivity contribution in [2.75, 3.05) is 18.0 Å². The highest BCUT2D eigenvalue weighted by atomic mass is 32.2. The molecule has 5 aliphatic rings. The molecule has 0 radical (unpaired) electrons. The van der Waals surface area contributed by atoms with Crippen molar-refractivity contribution in [3.63, 3.8) is 0 Å². The molecular weight excluding hydrogens is 747 g/mol. The van der Waals surface area contributed by atoms with Gasteiger partial charge >= 0.3 is 5.97 Å². The first-order valence-corrected chi connectivity index (χ1v) is 21.6. The van der Waals surface area contributed by atoms with Crippen LogP contribution in [0.5, 0.6) is 0 Å². The van der Waals surface area contributed by atoms with E-state index in [2.05, 4.69) is 9.48 Å². The lowest BCUT2D eigenvalue weighted by molar-refractivity contribution is -0.443. The second kappa shape index (κ2) is 14.3. The second-order valence-electron chi connectivity index (χ2n) is 15.6. The van der Waals surface area contributed by atoms with Gasteiger partial charge in [-0.15, -0.1) is 5.06 Å². The summed E-state index contributed by atoms with van der Waals surface area (Å²) in [5, 5.41) is 0.538. The first-order chi connectivity index (χ1) is 25.9. The number of rotatable bonds is 12. The number of amides is 2. The molecule has 13 nitrogen and oxygen atoms in total. The molecule has 0 spiro atoms. The van der Waals surface area contributed by atoms with E-state index >= 15 is 0 Å². The van der Waals surface area contributed by atoms with Gasteiger partial charge < -0.3 is 14.3 Å². The van der Waals surface area contributed by atoms with E-state index in [1.807, 2.05) is 51.2 Å². The van der Waals surface area contributed by atoms with E-state index in [0.29, 0.717) is 55.0 Å². The number of anilines is 1. The molecule has 55 heavy (non-hydrogen) atoms. The maximum Gasteiger partial charge on any atom is 0.333 e. The maximum atomic E-state index is 12.8. The van der Waals surface area contributed by atoms with Crippen LogP contribution in [0.15, 0.2) is 70.1 Å². The van der Waals surface area contributed by atoms with Gasteiger partial charge in [-0.05, 0) is 76.6 Å². The molecule has 5 aliphatic heterocycles. The van der Waals surface area contributed by atoms with E-state index < -0.39 is 48.8 Å². The van der Waals surface area contributed by atoms with Crippen LogP contribution in [0.3, 0.4) is 0 Å². The Labute approximate surface area is 321 Å². The molecule has 0 aliphatic carbocycles. The monoisotopic (exact) mass is 791 g/mol. The van der Waals surface area contributed by atoms with Crippen molar-refractivity contribution >= 4 is 55.1 Å². The van der Waals surface area contributed by atoms with Crippen molar-refractivity contribution in [1.82, 2.24) is 5.06 Å².